The van der Waals surface area contributed by atoms with Gasteiger partial charge in [0.15, 0.2) is 0 Å². The fourth-order valence-corrected chi connectivity index (χ4v) is 4.33. The van der Waals surface area contributed by atoms with E-state index < -0.39 is 17.9 Å². The SMILES string of the molecule is CCCCc1c(CC(CC)CCCC)c(C(=O)O)c(C(=O)O)c(CCCC)c1C(=O)O. The van der Waals surface area contributed by atoms with Gasteiger partial charge in [0.25, 0.3) is 0 Å². The Kier molecular flexibility index (Phi) is 11.3. The lowest BCUT2D eigenvalue weighted by Crippen LogP contribution is -2.23. The van der Waals surface area contributed by atoms with Crippen molar-refractivity contribution in [2.24, 2.45) is 5.92 Å². The molecular weight excluding hydrogens is 396 g/mol. The third-order valence-electron chi connectivity index (χ3n) is 6.06. The van der Waals surface area contributed by atoms with E-state index in [9.17, 15) is 29.7 Å². The second kappa shape index (κ2) is 13.1. The van der Waals surface area contributed by atoms with Gasteiger partial charge in [-0.25, -0.2) is 14.4 Å². The Bertz CT molecular complexity index is 781. The zero-order valence-corrected chi connectivity index (χ0v) is 19.4. The maximum Gasteiger partial charge on any atom is 0.336 e. The number of carboxylic acids is 3. The predicted octanol–water partition coefficient (Wildman–Crippen LogP) is 6.23. The maximum absolute atomic E-state index is 12.4. The van der Waals surface area contributed by atoms with Crippen LogP contribution in [0.25, 0.3) is 0 Å². The van der Waals surface area contributed by atoms with Crippen LogP contribution in [-0.2, 0) is 19.3 Å². The van der Waals surface area contributed by atoms with Crippen LogP contribution in [0.1, 0.15) is 127 Å². The van der Waals surface area contributed by atoms with Crippen LogP contribution in [0.15, 0.2) is 0 Å². The third-order valence-corrected chi connectivity index (χ3v) is 6.06. The zero-order chi connectivity index (χ0) is 23.6. The number of hydrogen-bond acceptors (Lipinski definition) is 3. The van der Waals surface area contributed by atoms with Gasteiger partial charge in [0.1, 0.15) is 0 Å². The quantitative estimate of drug-likeness (QED) is 0.302. The molecule has 1 aromatic rings. The van der Waals surface area contributed by atoms with Gasteiger partial charge in [-0.05, 0) is 54.7 Å². The Morgan fingerprint density at radius 2 is 1.10 bits per heavy atom. The smallest absolute Gasteiger partial charge is 0.336 e. The van der Waals surface area contributed by atoms with E-state index in [-0.39, 0.29) is 34.6 Å². The van der Waals surface area contributed by atoms with E-state index in [1.807, 2.05) is 20.8 Å². The molecule has 1 unspecified atom stereocenters. The van der Waals surface area contributed by atoms with Crippen molar-refractivity contribution in [1.29, 1.82) is 0 Å². The van der Waals surface area contributed by atoms with Gasteiger partial charge in [0, 0.05) is 0 Å². The highest BCUT2D eigenvalue weighted by Crippen LogP contribution is 2.34. The summed E-state index contributed by atoms with van der Waals surface area (Å²) in [7, 11) is 0. The van der Waals surface area contributed by atoms with Gasteiger partial charge in [0.05, 0.1) is 16.7 Å². The van der Waals surface area contributed by atoms with Crippen molar-refractivity contribution in [3.05, 3.63) is 33.4 Å². The molecule has 1 atom stereocenters. The molecule has 0 aliphatic heterocycles. The van der Waals surface area contributed by atoms with Crippen LogP contribution in [0, 0.1) is 5.92 Å². The van der Waals surface area contributed by atoms with Crippen molar-refractivity contribution in [2.45, 2.75) is 98.3 Å². The van der Waals surface area contributed by atoms with E-state index in [2.05, 4.69) is 6.92 Å². The molecule has 0 aliphatic carbocycles. The topological polar surface area (TPSA) is 112 Å². The summed E-state index contributed by atoms with van der Waals surface area (Å²) >= 11 is 0. The Balaban J connectivity index is 3.97. The number of carboxylic acid groups (broad SMARTS) is 3. The van der Waals surface area contributed by atoms with E-state index in [1.54, 1.807) is 0 Å². The first-order valence-corrected chi connectivity index (χ1v) is 11.6. The molecule has 174 valence electrons. The Hall–Kier alpha value is -2.37. The molecule has 0 saturated heterocycles. The zero-order valence-electron chi connectivity index (χ0n) is 19.4. The molecule has 0 radical (unpaired) electrons. The molecule has 0 spiro atoms. The van der Waals surface area contributed by atoms with Crippen LogP contribution in [0.4, 0.5) is 0 Å². The van der Waals surface area contributed by atoms with Crippen LogP contribution in [0.5, 0.6) is 0 Å². The first kappa shape index (κ1) is 26.7. The van der Waals surface area contributed by atoms with Gasteiger partial charge in [-0.2, -0.15) is 0 Å². The first-order valence-electron chi connectivity index (χ1n) is 11.6. The minimum Gasteiger partial charge on any atom is -0.478 e. The molecule has 31 heavy (non-hydrogen) atoms. The van der Waals surface area contributed by atoms with E-state index >= 15 is 0 Å². The summed E-state index contributed by atoms with van der Waals surface area (Å²) in [5, 5.41) is 30.1. The monoisotopic (exact) mass is 434 g/mol. The molecule has 6 heteroatoms. The lowest BCUT2D eigenvalue weighted by molar-refractivity contribution is 0.0645. The van der Waals surface area contributed by atoms with Gasteiger partial charge in [-0.1, -0.05) is 66.2 Å². The number of unbranched alkanes of at least 4 members (excludes halogenated alkanes) is 3. The number of rotatable bonds is 15. The van der Waals surface area contributed by atoms with E-state index in [0.717, 1.165) is 44.9 Å². The average molecular weight is 435 g/mol. The second-order valence-corrected chi connectivity index (χ2v) is 8.30. The molecule has 0 bridgehead atoms. The molecule has 0 fully saturated rings. The molecule has 1 aromatic carbocycles. The molecular formula is C25H38O6. The highest BCUT2D eigenvalue weighted by molar-refractivity contribution is 6.07. The van der Waals surface area contributed by atoms with Gasteiger partial charge in [-0.15, -0.1) is 0 Å². The van der Waals surface area contributed by atoms with E-state index in [0.29, 0.717) is 30.4 Å². The molecule has 0 heterocycles. The van der Waals surface area contributed by atoms with Crippen molar-refractivity contribution in [1.82, 2.24) is 0 Å². The summed E-state index contributed by atoms with van der Waals surface area (Å²) in [4.78, 5) is 37.0. The van der Waals surface area contributed by atoms with Crippen LogP contribution in [0.3, 0.4) is 0 Å². The largest absolute Gasteiger partial charge is 0.478 e. The van der Waals surface area contributed by atoms with Gasteiger partial charge in [0.2, 0.25) is 0 Å². The molecule has 0 aromatic heterocycles. The van der Waals surface area contributed by atoms with Crippen LogP contribution >= 0.6 is 0 Å². The van der Waals surface area contributed by atoms with Crippen molar-refractivity contribution in [3.63, 3.8) is 0 Å². The first-order chi connectivity index (χ1) is 14.7. The lowest BCUT2D eigenvalue weighted by atomic mass is 9.78. The van der Waals surface area contributed by atoms with Crippen molar-refractivity contribution in [3.8, 4) is 0 Å². The highest BCUT2D eigenvalue weighted by Gasteiger charge is 2.33. The molecule has 0 saturated carbocycles. The fourth-order valence-electron chi connectivity index (χ4n) is 4.33. The summed E-state index contributed by atoms with van der Waals surface area (Å²) in [6.07, 6.45) is 7.73. The number of hydrogen-bond donors (Lipinski definition) is 3. The summed E-state index contributed by atoms with van der Waals surface area (Å²) in [5.74, 6) is -3.64. The fraction of sp³-hybridized carbons (Fsp3) is 0.640. The summed E-state index contributed by atoms with van der Waals surface area (Å²) in [5.41, 5.74) is 0.584. The van der Waals surface area contributed by atoms with Crippen molar-refractivity contribution < 1.29 is 29.7 Å². The highest BCUT2D eigenvalue weighted by atomic mass is 16.4. The van der Waals surface area contributed by atoms with Crippen molar-refractivity contribution >= 4 is 17.9 Å². The number of aromatic carboxylic acids is 3. The molecule has 3 N–H and O–H groups in total. The molecule has 0 amide bonds. The third kappa shape index (κ3) is 6.81. The molecule has 6 nitrogen and oxygen atoms in total. The van der Waals surface area contributed by atoms with Gasteiger partial charge in [-0.3, -0.25) is 0 Å². The number of benzene rings is 1. The minimum absolute atomic E-state index is 0.0182. The molecule has 1 rings (SSSR count). The maximum atomic E-state index is 12.4. The lowest BCUT2D eigenvalue weighted by Gasteiger charge is -2.25. The standard InChI is InChI=1S/C25H38O6/c1-5-9-12-16(8-4)15-19-17(13-10-6-2)20(23(26)27)18(14-11-7-3)21(24(28)29)22(19)25(30)31/h16H,5-15H2,1-4H3,(H,26,27)(H,28,29)(H,30,31). The van der Waals surface area contributed by atoms with Gasteiger partial charge >= 0.3 is 17.9 Å². The summed E-state index contributed by atoms with van der Waals surface area (Å²) in [6.45, 7) is 8.07. The van der Waals surface area contributed by atoms with Crippen LogP contribution < -0.4 is 0 Å². The normalized spacial score (nSPS) is 12.0. The van der Waals surface area contributed by atoms with Gasteiger partial charge < -0.3 is 15.3 Å². The number of carbonyl (C=O) groups is 3. The second-order valence-electron chi connectivity index (χ2n) is 8.30. The Morgan fingerprint density at radius 1 is 0.645 bits per heavy atom. The van der Waals surface area contributed by atoms with Crippen molar-refractivity contribution in [2.75, 3.05) is 0 Å². The summed E-state index contributed by atoms with van der Waals surface area (Å²) < 4.78 is 0. The van der Waals surface area contributed by atoms with Crippen LogP contribution in [-0.4, -0.2) is 33.2 Å². The molecule has 0 aliphatic rings. The Labute approximate surface area is 185 Å². The average Bonchev–Trinajstić information content (AvgIpc) is 2.72. The van der Waals surface area contributed by atoms with Crippen LogP contribution in [0.2, 0.25) is 0 Å². The Morgan fingerprint density at radius 3 is 1.52 bits per heavy atom. The summed E-state index contributed by atoms with van der Waals surface area (Å²) in [6, 6.07) is 0. The minimum atomic E-state index is -1.36. The van der Waals surface area contributed by atoms with E-state index in [1.165, 1.54) is 0 Å². The van der Waals surface area contributed by atoms with E-state index in [4.69, 9.17) is 0 Å². The predicted molar refractivity (Wildman–Crippen MR) is 122 cm³/mol.